The van der Waals surface area contributed by atoms with Gasteiger partial charge < -0.3 is 20.7 Å². The SMILES string of the molecule is C[C@@H](O)[C@@H]1NC(=O)[C@H](Cc2cnc[nH]2)NC1=O. The number of piperazine rings is 1. The summed E-state index contributed by atoms with van der Waals surface area (Å²) in [5.41, 5.74) is 0.765. The zero-order valence-electron chi connectivity index (χ0n) is 9.30. The first-order chi connectivity index (χ1) is 8.08. The number of aliphatic hydroxyl groups is 1. The number of hydrogen-bond donors (Lipinski definition) is 4. The van der Waals surface area contributed by atoms with Gasteiger partial charge in [-0.1, -0.05) is 0 Å². The number of aromatic amines is 1. The minimum atomic E-state index is -0.910. The molecule has 1 aliphatic rings. The molecule has 0 spiro atoms. The molecule has 1 fully saturated rings. The Hall–Kier alpha value is -1.89. The topological polar surface area (TPSA) is 107 Å². The lowest BCUT2D eigenvalue weighted by atomic mass is 10.0. The summed E-state index contributed by atoms with van der Waals surface area (Å²) in [5, 5.41) is 14.4. The van der Waals surface area contributed by atoms with Crippen LogP contribution in [0.25, 0.3) is 0 Å². The summed E-state index contributed by atoms with van der Waals surface area (Å²) in [5.74, 6) is -0.672. The van der Waals surface area contributed by atoms with E-state index in [1.54, 1.807) is 6.20 Å². The van der Waals surface area contributed by atoms with Crippen molar-refractivity contribution in [1.29, 1.82) is 0 Å². The average Bonchev–Trinajstić information content (AvgIpc) is 2.75. The van der Waals surface area contributed by atoms with Crippen molar-refractivity contribution in [2.45, 2.75) is 31.5 Å². The number of H-pyrrole nitrogens is 1. The molecule has 0 aliphatic carbocycles. The van der Waals surface area contributed by atoms with Crippen molar-refractivity contribution in [1.82, 2.24) is 20.6 Å². The molecular weight excluding hydrogens is 224 g/mol. The highest BCUT2D eigenvalue weighted by Crippen LogP contribution is 2.06. The molecular formula is C10H14N4O3. The van der Waals surface area contributed by atoms with E-state index in [4.69, 9.17) is 0 Å². The molecule has 92 valence electrons. The molecule has 0 aromatic carbocycles. The zero-order chi connectivity index (χ0) is 12.4. The normalized spacial score (nSPS) is 26.2. The molecule has 7 heteroatoms. The number of imidazole rings is 1. The van der Waals surface area contributed by atoms with E-state index in [0.717, 1.165) is 5.69 Å². The summed E-state index contributed by atoms with van der Waals surface area (Å²) >= 11 is 0. The Balaban J connectivity index is 2.03. The Bertz CT molecular complexity index is 415. The molecule has 2 amide bonds. The van der Waals surface area contributed by atoms with Gasteiger partial charge in [-0.15, -0.1) is 0 Å². The smallest absolute Gasteiger partial charge is 0.245 e. The highest BCUT2D eigenvalue weighted by Gasteiger charge is 2.36. The molecule has 3 atom stereocenters. The van der Waals surface area contributed by atoms with Crippen LogP contribution in [0.1, 0.15) is 12.6 Å². The van der Waals surface area contributed by atoms with Gasteiger partial charge in [0, 0.05) is 18.3 Å². The van der Waals surface area contributed by atoms with Gasteiger partial charge in [0.1, 0.15) is 12.1 Å². The van der Waals surface area contributed by atoms with Crippen LogP contribution in [0.4, 0.5) is 0 Å². The van der Waals surface area contributed by atoms with Crippen molar-refractivity contribution in [3.05, 3.63) is 18.2 Å². The van der Waals surface area contributed by atoms with Crippen molar-refractivity contribution in [2.75, 3.05) is 0 Å². The Morgan fingerprint density at radius 2 is 2.18 bits per heavy atom. The lowest BCUT2D eigenvalue weighted by molar-refractivity contribution is -0.139. The molecule has 1 aromatic rings. The standard InChI is InChI=1S/C10H14N4O3/c1-5(15)8-10(17)13-7(9(16)14-8)2-6-3-11-4-12-6/h3-5,7-8,15H,2H2,1H3,(H,11,12)(H,13,17)(H,14,16)/t5-,7+,8+/m1/s1. The number of nitrogens with one attached hydrogen (secondary N) is 3. The van der Waals surface area contributed by atoms with Gasteiger partial charge in [-0.2, -0.15) is 0 Å². The molecule has 0 unspecified atom stereocenters. The number of aliphatic hydroxyl groups excluding tert-OH is 1. The third-order valence-corrected chi connectivity index (χ3v) is 2.67. The minimum absolute atomic E-state index is 0.301. The summed E-state index contributed by atoms with van der Waals surface area (Å²) in [4.78, 5) is 30.0. The lowest BCUT2D eigenvalue weighted by Crippen LogP contribution is -2.65. The maximum Gasteiger partial charge on any atom is 0.245 e. The Morgan fingerprint density at radius 1 is 1.41 bits per heavy atom. The predicted molar refractivity (Wildman–Crippen MR) is 57.8 cm³/mol. The van der Waals surface area contributed by atoms with Gasteiger partial charge in [-0.05, 0) is 6.92 Å². The van der Waals surface area contributed by atoms with E-state index in [9.17, 15) is 14.7 Å². The number of amides is 2. The molecule has 1 aromatic heterocycles. The highest BCUT2D eigenvalue weighted by atomic mass is 16.3. The van der Waals surface area contributed by atoms with Crippen molar-refractivity contribution < 1.29 is 14.7 Å². The van der Waals surface area contributed by atoms with Crippen molar-refractivity contribution in [2.24, 2.45) is 0 Å². The number of hydrogen-bond acceptors (Lipinski definition) is 4. The molecule has 0 radical (unpaired) electrons. The van der Waals surface area contributed by atoms with E-state index in [2.05, 4.69) is 20.6 Å². The predicted octanol–water partition coefficient (Wildman–Crippen LogP) is -1.68. The Morgan fingerprint density at radius 3 is 2.76 bits per heavy atom. The van der Waals surface area contributed by atoms with Gasteiger partial charge in [-0.25, -0.2) is 4.98 Å². The molecule has 1 saturated heterocycles. The van der Waals surface area contributed by atoms with Gasteiger partial charge in [-0.3, -0.25) is 9.59 Å². The average molecular weight is 238 g/mol. The summed E-state index contributed by atoms with van der Waals surface area (Å²) in [6.07, 6.45) is 2.55. The van der Waals surface area contributed by atoms with E-state index < -0.39 is 18.2 Å². The van der Waals surface area contributed by atoms with E-state index in [-0.39, 0.29) is 11.8 Å². The van der Waals surface area contributed by atoms with Crippen LogP contribution in [0.15, 0.2) is 12.5 Å². The number of aromatic nitrogens is 2. The fourth-order valence-electron chi connectivity index (χ4n) is 1.75. The zero-order valence-corrected chi connectivity index (χ0v) is 9.30. The minimum Gasteiger partial charge on any atom is -0.391 e. The molecule has 0 bridgehead atoms. The summed E-state index contributed by atoms with van der Waals surface area (Å²) in [6, 6.07) is -1.50. The number of carbonyl (C=O) groups excluding carboxylic acids is 2. The maximum absolute atomic E-state index is 11.7. The van der Waals surface area contributed by atoms with Crippen molar-refractivity contribution in [3.63, 3.8) is 0 Å². The van der Waals surface area contributed by atoms with E-state index in [1.807, 2.05) is 0 Å². The first-order valence-electron chi connectivity index (χ1n) is 5.34. The second kappa shape index (κ2) is 4.54. The molecule has 7 nitrogen and oxygen atoms in total. The second-order valence-electron chi connectivity index (χ2n) is 4.07. The third kappa shape index (κ3) is 2.44. The van der Waals surface area contributed by atoms with Crippen LogP contribution < -0.4 is 10.6 Å². The maximum atomic E-state index is 11.7. The summed E-state index contributed by atoms with van der Waals surface area (Å²) in [6.45, 7) is 1.46. The van der Waals surface area contributed by atoms with Crippen LogP contribution in [-0.2, 0) is 16.0 Å². The Kier molecular flexibility index (Phi) is 3.10. The van der Waals surface area contributed by atoms with E-state index >= 15 is 0 Å². The van der Waals surface area contributed by atoms with Gasteiger partial charge in [0.2, 0.25) is 11.8 Å². The van der Waals surface area contributed by atoms with Gasteiger partial charge in [0.05, 0.1) is 12.4 Å². The monoisotopic (exact) mass is 238 g/mol. The van der Waals surface area contributed by atoms with Crippen molar-refractivity contribution >= 4 is 11.8 Å². The van der Waals surface area contributed by atoms with Crippen LogP contribution in [0, 0.1) is 0 Å². The number of carbonyl (C=O) groups is 2. The van der Waals surface area contributed by atoms with Crippen LogP contribution >= 0.6 is 0 Å². The summed E-state index contributed by atoms with van der Waals surface area (Å²) < 4.78 is 0. The first kappa shape index (κ1) is 11.6. The van der Waals surface area contributed by atoms with Crippen LogP contribution in [-0.4, -0.2) is 45.1 Å². The quantitative estimate of drug-likeness (QED) is 0.504. The fourth-order valence-corrected chi connectivity index (χ4v) is 1.75. The molecule has 1 aliphatic heterocycles. The lowest BCUT2D eigenvalue weighted by Gasteiger charge is -2.30. The largest absolute Gasteiger partial charge is 0.391 e. The molecule has 2 rings (SSSR count). The highest BCUT2D eigenvalue weighted by molar-refractivity contribution is 5.97. The van der Waals surface area contributed by atoms with E-state index in [1.165, 1.54) is 13.3 Å². The van der Waals surface area contributed by atoms with Gasteiger partial charge in [0.15, 0.2) is 0 Å². The van der Waals surface area contributed by atoms with Crippen LogP contribution in [0.2, 0.25) is 0 Å². The molecule has 4 N–H and O–H groups in total. The van der Waals surface area contributed by atoms with E-state index in [0.29, 0.717) is 6.42 Å². The molecule has 2 heterocycles. The fraction of sp³-hybridized carbons (Fsp3) is 0.500. The molecule has 0 saturated carbocycles. The van der Waals surface area contributed by atoms with Crippen LogP contribution in [0.3, 0.4) is 0 Å². The van der Waals surface area contributed by atoms with Crippen LogP contribution in [0.5, 0.6) is 0 Å². The number of rotatable bonds is 3. The third-order valence-electron chi connectivity index (χ3n) is 2.67. The molecule has 17 heavy (non-hydrogen) atoms. The van der Waals surface area contributed by atoms with Gasteiger partial charge >= 0.3 is 0 Å². The first-order valence-corrected chi connectivity index (χ1v) is 5.34. The Labute approximate surface area is 97.6 Å². The van der Waals surface area contributed by atoms with Gasteiger partial charge in [0.25, 0.3) is 0 Å². The second-order valence-corrected chi connectivity index (χ2v) is 4.07. The van der Waals surface area contributed by atoms with Crippen molar-refractivity contribution in [3.8, 4) is 0 Å². The number of nitrogens with zero attached hydrogens (tertiary/aromatic N) is 1. The summed E-state index contributed by atoms with van der Waals surface area (Å²) in [7, 11) is 0.